The van der Waals surface area contributed by atoms with Crippen LogP contribution in [0.2, 0.25) is 10.3 Å². The van der Waals surface area contributed by atoms with Crippen LogP contribution in [0.25, 0.3) is 11.1 Å². The maximum Gasteiger partial charge on any atom is 0.159 e. The van der Waals surface area contributed by atoms with Gasteiger partial charge < -0.3 is 0 Å². The number of aryl methyl sites for hydroxylation is 1. The molecule has 88 valence electrons. The first-order valence-corrected chi connectivity index (χ1v) is 5.40. The van der Waals surface area contributed by atoms with Crippen LogP contribution in [0, 0.1) is 18.6 Å². The monoisotopic (exact) mass is 274 g/mol. The summed E-state index contributed by atoms with van der Waals surface area (Å²) in [6.45, 7) is 1.53. The van der Waals surface area contributed by atoms with E-state index < -0.39 is 11.6 Å². The number of benzene rings is 1. The minimum atomic E-state index is -0.723. The van der Waals surface area contributed by atoms with Crippen LogP contribution in [-0.4, -0.2) is 10.2 Å². The topological polar surface area (TPSA) is 25.8 Å². The Labute approximate surface area is 106 Å². The third-order valence-corrected chi connectivity index (χ3v) is 2.74. The minimum absolute atomic E-state index is 0.0182. The fraction of sp³-hybridized carbons (Fsp3) is 0.0909. The molecule has 2 aromatic rings. The number of nitrogens with zero attached hydrogens (tertiary/aromatic N) is 2. The van der Waals surface area contributed by atoms with Crippen LogP contribution in [0.3, 0.4) is 0 Å². The van der Waals surface area contributed by atoms with Crippen LogP contribution < -0.4 is 0 Å². The molecule has 0 amide bonds. The summed E-state index contributed by atoms with van der Waals surface area (Å²) < 4.78 is 27.5. The summed E-state index contributed by atoms with van der Waals surface area (Å²) in [5.74, 6) is -1.41. The first-order chi connectivity index (χ1) is 8.00. The van der Waals surface area contributed by atoms with E-state index in [2.05, 4.69) is 10.2 Å². The van der Waals surface area contributed by atoms with Crippen molar-refractivity contribution in [3.8, 4) is 11.1 Å². The summed E-state index contributed by atoms with van der Waals surface area (Å²) in [6.07, 6.45) is 0. The molecule has 1 aromatic heterocycles. The normalized spacial score (nSPS) is 10.6. The highest BCUT2D eigenvalue weighted by atomic mass is 35.5. The molecule has 0 aliphatic heterocycles. The van der Waals surface area contributed by atoms with Gasteiger partial charge in [0.05, 0.1) is 5.56 Å². The van der Waals surface area contributed by atoms with E-state index in [-0.39, 0.29) is 21.4 Å². The maximum absolute atomic E-state index is 13.9. The van der Waals surface area contributed by atoms with Gasteiger partial charge in [-0.25, -0.2) is 8.78 Å². The number of halogens is 4. The molecule has 0 atom stereocenters. The van der Waals surface area contributed by atoms with E-state index in [1.165, 1.54) is 25.1 Å². The van der Waals surface area contributed by atoms with E-state index in [9.17, 15) is 8.78 Å². The van der Waals surface area contributed by atoms with Gasteiger partial charge in [0.2, 0.25) is 0 Å². The molecular formula is C11H6Cl2F2N2. The van der Waals surface area contributed by atoms with Crippen molar-refractivity contribution < 1.29 is 8.78 Å². The van der Waals surface area contributed by atoms with Gasteiger partial charge in [0.25, 0.3) is 0 Å². The van der Waals surface area contributed by atoms with Gasteiger partial charge in [-0.2, -0.15) is 0 Å². The van der Waals surface area contributed by atoms with E-state index in [1.54, 1.807) is 0 Å². The third-order valence-electron chi connectivity index (χ3n) is 2.27. The largest absolute Gasteiger partial charge is 0.206 e. The third kappa shape index (κ3) is 2.23. The highest BCUT2D eigenvalue weighted by Crippen LogP contribution is 2.32. The lowest BCUT2D eigenvalue weighted by atomic mass is 10.0. The molecule has 0 fully saturated rings. The average Bonchev–Trinajstić information content (AvgIpc) is 2.29. The van der Waals surface area contributed by atoms with Crippen LogP contribution in [0.1, 0.15) is 5.56 Å². The van der Waals surface area contributed by atoms with Gasteiger partial charge in [-0.3, -0.25) is 0 Å². The van der Waals surface area contributed by atoms with E-state index in [4.69, 9.17) is 23.2 Å². The second-order valence-corrected chi connectivity index (χ2v) is 4.17. The molecule has 2 rings (SSSR count). The Bertz CT molecular complexity index is 588. The molecular weight excluding hydrogens is 269 g/mol. The van der Waals surface area contributed by atoms with Crippen LogP contribution in [0.5, 0.6) is 0 Å². The van der Waals surface area contributed by atoms with Crippen LogP contribution >= 0.6 is 23.2 Å². The Morgan fingerprint density at radius 3 is 2.53 bits per heavy atom. The van der Waals surface area contributed by atoms with Crippen LogP contribution in [0.15, 0.2) is 18.2 Å². The zero-order chi connectivity index (χ0) is 12.6. The molecule has 0 N–H and O–H groups in total. The predicted octanol–water partition coefficient (Wildman–Crippen LogP) is 4.04. The Morgan fingerprint density at radius 2 is 1.82 bits per heavy atom. The van der Waals surface area contributed by atoms with E-state index >= 15 is 0 Å². The fourth-order valence-corrected chi connectivity index (χ4v) is 1.77. The Kier molecular flexibility index (Phi) is 3.26. The van der Waals surface area contributed by atoms with Crippen molar-refractivity contribution in [3.63, 3.8) is 0 Å². The predicted molar refractivity (Wildman–Crippen MR) is 62.1 cm³/mol. The summed E-state index contributed by atoms with van der Waals surface area (Å²) in [7, 11) is 0. The zero-order valence-electron chi connectivity index (χ0n) is 8.64. The molecule has 1 heterocycles. The number of rotatable bonds is 1. The standard InChI is InChI=1S/C11H6Cl2F2N2/c1-5-2-3-7(14)9(10(5)15)6-4-8(12)16-17-11(6)13/h2-4H,1H3. The molecule has 17 heavy (non-hydrogen) atoms. The molecule has 0 aliphatic carbocycles. The van der Waals surface area contributed by atoms with Gasteiger partial charge in [-0.05, 0) is 24.6 Å². The van der Waals surface area contributed by atoms with Gasteiger partial charge in [-0.15, -0.1) is 10.2 Å². The summed E-state index contributed by atoms with van der Waals surface area (Å²) in [5.41, 5.74) is 0.155. The first-order valence-electron chi connectivity index (χ1n) is 4.64. The van der Waals surface area contributed by atoms with E-state index in [0.29, 0.717) is 5.56 Å². The van der Waals surface area contributed by atoms with Crippen LogP contribution in [0.4, 0.5) is 8.78 Å². The second kappa shape index (κ2) is 4.55. The Hall–Kier alpha value is -1.26. The van der Waals surface area contributed by atoms with Crippen molar-refractivity contribution >= 4 is 23.2 Å². The molecule has 6 heteroatoms. The number of hydrogen-bond acceptors (Lipinski definition) is 2. The van der Waals surface area contributed by atoms with Crippen molar-refractivity contribution in [3.05, 3.63) is 45.7 Å². The van der Waals surface area contributed by atoms with Gasteiger partial charge >= 0.3 is 0 Å². The van der Waals surface area contributed by atoms with Crippen molar-refractivity contribution in [2.45, 2.75) is 6.92 Å². The molecule has 0 radical (unpaired) electrons. The lowest BCUT2D eigenvalue weighted by Crippen LogP contribution is -1.96. The van der Waals surface area contributed by atoms with E-state index in [1.807, 2.05) is 0 Å². The minimum Gasteiger partial charge on any atom is -0.206 e. The average molecular weight is 275 g/mol. The summed E-state index contributed by atoms with van der Waals surface area (Å²) >= 11 is 11.4. The van der Waals surface area contributed by atoms with Crippen molar-refractivity contribution in [2.24, 2.45) is 0 Å². The molecule has 0 bridgehead atoms. The van der Waals surface area contributed by atoms with Crippen LogP contribution in [-0.2, 0) is 0 Å². The molecule has 1 aromatic carbocycles. The Morgan fingerprint density at radius 1 is 1.12 bits per heavy atom. The molecule has 2 nitrogen and oxygen atoms in total. The van der Waals surface area contributed by atoms with Gasteiger partial charge in [0.15, 0.2) is 10.3 Å². The molecule has 0 spiro atoms. The summed E-state index contributed by atoms with van der Waals surface area (Å²) in [6, 6.07) is 3.79. The summed E-state index contributed by atoms with van der Waals surface area (Å²) in [4.78, 5) is 0. The Balaban J connectivity index is 2.76. The molecule has 0 saturated heterocycles. The summed E-state index contributed by atoms with van der Waals surface area (Å²) in [5, 5.41) is 6.92. The highest BCUT2D eigenvalue weighted by Gasteiger charge is 2.17. The fourth-order valence-electron chi connectivity index (χ4n) is 1.43. The zero-order valence-corrected chi connectivity index (χ0v) is 10.2. The first kappa shape index (κ1) is 12.2. The highest BCUT2D eigenvalue weighted by molar-refractivity contribution is 6.33. The molecule has 0 saturated carbocycles. The SMILES string of the molecule is Cc1ccc(F)c(-c2cc(Cl)nnc2Cl)c1F. The quantitative estimate of drug-likeness (QED) is 0.785. The van der Waals surface area contributed by atoms with E-state index in [0.717, 1.165) is 0 Å². The van der Waals surface area contributed by atoms with Gasteiger partial charge in [-0.1, -0.05) is 29.3 Å². The molecule has 0 aliphatic rings. The van der Waals surface area contributed by atoms with Crippen molar-refractivity contribution in [2.75, 3.05) is 0 Å². The number of hydrogen-bond donors (Lipinski definition) is 0. The molecule has 0 unspecified atom stereocenters. The lowest BCUT2D eigenvalue weighted by molar-refractivity contribution is 0.583. The maximum atomic E-state index is 13.9. The smallest absolute Gasteiger partial charge is 0.159 e. The van der Waals surface area contributed by atoms with Crippen molar-refractivity contribution in [1.82, 2.24) is 10.2 Å². The van der Waals surface area contributed by atoms with Crippen molar-refractivity contribution in [1.29, 1.82) is 0 Å². The van der Waals surface area contributed by atoms with Gasteiger partial charge in [0, 0.05) is 5.56 Å². The second-order valence-electron chi connectivity index (χ2n) is 3.42. The van der Waals surface area contributed by atoms with Gasteiger partial charge in [0.1, 0.15) is 11.6 Å². The lowest BCUT2D eigenvalue weighted by Gasteiger charge is -2.08. The number of aromatic nitrogens is 2.